The molecule has 0 radical (unpaired) electrons. The molecule has 0 unspecified atom stereocenters. The highest BCUT2D eigenvalue weighted by molar-refractivity contribution is 9.11. The number of halogens is 1. The Morgan fingerprint density at radius 3 is 2.83 bits per heavy atom. The Kier molecular flexibility index (Phi) is 6.22. The molecule has 1 aromatic carbocycles. The molecule has 0 N–H and O–H groups in total. The third kappa shape index (κ3) is 4.59. The van der Waals surface area contributed by atoms with E-state index in [0.29, 0.717) is 0 Å². The van der Waals surface area contributed by atoms with Gasteiger partial charge in [-0.05, 0) is 25.1 Å². The van der Waals surface area contributed by atoms with Gasteiger partial charge in [0.1, 0.15) is 11.3 Å². The zero-order valence-corrected chi connectivity index (χ0v) is 14.8. The highest BCUT2D eigenvalue weighted by Gasteiger charge is 2.11. The molecule has 1 nitrogen and oxygen atoms in total. The van der Waals surface area contributed by atoms with E-state index in [1.807, 2.05) is 36.4 Å². The van der Waals surface area contributed by atoms with E-state index in [1.54, 1.807) is 12.2 Å². The summed E-state index contributed by atoms with van der Waals surface area (Å²) in [6.07, 6.45) is 12.3. The maximum atomic E-state index is 6.04. The van der Waals surface area contributed by atoms with E-state index in [4.69, 9.17) is 4.42 Å². The molecule has 0 saturated carbocycles. The van der Waals surface area contributed by atoms with E-state index in [1.165, 1.54) is 5.57 Å². The quantitative estimate of drug-likeness (QED) is 0.407. The Morgan fingerprint density at radius 2 is 2.09 bits per heavy atom. The van der Waals surface area contributed by atoms with Crippen LogP contribution >= 0.6 is 15.9 Å². The number of hydrogen-bond donors (Lipinski definition) is 0. The lowest BCUT2D eigenvalue weighted by atomic mass is 10.1. The summed E-state index contributed by atoms with van der Waals surface area (Å²) in [4.78, 5) is 0. The van der Waals surface area contributed by atoms with Crippen LogP contribution in [0, 0.1) is 0 Å². The third-order valence-electron chi connectivity index (χ3n) is 3.35. The summed E-state index contributed by atoms with van der Waals surface area (Å²) in [5.74, 6) is 0.955. The Bertz CT molecular complexity index is 840. The summed E-state index contributed by atoms with van der Waals surface area (Å²) >= 11 is 3.42. The van der Waals surface area contributed by atoms with E-state index in [2.05, 4.69) is 53.9 Å². The minimum atomic E-state index is 0.750. The van der Waals surface area contributed by atoms with E-state index < -0.39 is 0 Å². The van der Waals surface area contributed by atoms with Gasteiger partial charge in [-0.2, -0.15) is 0 Å². The second-order valence-corrected chi connectivity index (χ2v) is 6.03. The molecule has 1 aromatic heterocycles. The standard InChI is InChI=1S/C21H19BrO/c1-4-6-7-10-19-18-11-8-9-12-20(18)23-21(19)15-16(3)13-14-17(22)5-2/h5-14H,1-2,15H2,3H3/b10-7-,16-13+,17-14+. The highest BCUT2D eigenvalue weighted by atomic mass is 79.9. The molecule has 2 rings (SSSR count). The first-order valence-electron chi connectivity index (χ1n) is 7.34. The van der Waals surface area contributed by atoms with Crippen molar-refractivity contribution in [2.24, 2.45) is 0 Å². The number of hydrogen-bond acceptors (Lipinski definition) is 1. The molecule has 0 amide bonds. The van der Waals surface area contributed by atoms with Gasteiger partial charge in [-0.15, -0.1) is 5.73 Å². The van der Waals surface area contributed by atoms with Gasteiger partial charge in [-0.25, -0.2) is 0 Å². The second-order valence-electron chi connectivity index (χ2n) is 5.11. The lowest BCUT2D eigenvalue weighted by Gasteiger charge is -1.99. The van der Waals surface area contributed by atoms with E-state index in [9.17, 15) is 0 Å². The molecule has 0 atom stereocenters. The van der Waals surface area contributed by atoms with Crippen molar-refractivity contribution < 1.29 is 4.42 Å². The number of para-hydroxylation sites is 1. The van der Waals surface area contributed by atoms with Crippen LogP contribution in [0.15, 0.2) is 88.0 Å². The smallest absolute Gasteiger partial charge is 0.134 e. The molecule has 0 fully saturated rings. The van der Waals surface area contributed by atoms with Crippen LogP contribution in [0.25, 0.3) is 17.0 Å². The molecule has 0 aliphatic rings. The van der Waals surface area contributed by atoms with E-state index in [-0.39, 0.29) is 0 Å². The molecular formula is C21H19BrO. The topological polar surface area (TPSA) is 13.1 Å². The van der Waals surface area contributed by atoms with Crippen molar-refractivity contribution in [1.29, 1.82) is 0 Å². The second kappa shape index (κ2) is 8.38. The molecule has 0 bridgehead atoms. The molecule has 1 heterocycles. The fraction of sp³-hybridized carbons (Fsp3) is 0.0952. The fourth-order valence-corrected chi connectivity index (χ4v) is 2.38. The van der Waals surface area contributed by atoms with E-state index >= 15 is 0 Å². The van der Waals surface area contributed by atoms with Crippen molar-refractivity contribution in [2.45, 2.75) is 13.3 Å². The van der Waals surface area contributed by atoms with E-state index in [0.717, 1.165) is 33.2 Å². The minimum absolute atomic E-state index is 0.750. The van der Waals surface area contributed by atoms with Crippen LogP contribution in [-0.4, -0.2) is 0 Å². The summed E-state index contributed by atoms with van der Waals surface area (Å²) in [7, 11) is 0. The van der Waals surface area contributed by atoms with Gasteiger partial charge in [0, 0.05) is 21.9 Å². The molecule has 0 aliphatic carbocycles. The molecule has 116 valence electrons. The zero-order chi connectivity index (χ0) is 16.7. The fourth-order valence-electron chi connectivity index (χ4n) is 2.24. The zero-order valence-electron chi connectivity index (χ0n) is 13.2. The van der Waals surface area contributed by atoms with Gasteiger partial charge in [0.05, 0.1) is 0 Å². The van der Waals surface area contributed by atoms with Crippen molar-refractivity contribution >= 4 is 33.0 Å². The number of rotatable bonds is 6. The van der Waals surface area contributed by atoms with Crippen LogP contribution in [0.3, 0.4) is 0 Å². The summed E-state index contributed by atoms with van der Waals surface area (Å²) < 4.78 is 7.00. The van der Waals surface area contributed by atoms with Gasteiger partial charge < -0.3 is 4.42 Å². The minimum Gasteiger partial charge on any atom is -0.460 e. The molecule has 0 spiro atoms. The van der Waals surface area contributed by atoms with Crippen LogP contribution in [0.2, 0.25) is 0 Å². The van der Waals surface area contributed by atoms with Gasteiger partial charge >= 0.3 is 0 Å². The van der Waals surface area contributed by atoms with Gasteiger partial charge in [-0.1, -0.05) is 77.2 Å². The van der Waals surface area contributed by atoms with Crippen molar-refractivity contribution in [3.05, 3.63) is 94.9 Å². The average Bonchev–Trinajstić information content (AvgIpc) is 2.90. The van der Waals surface area contributed by atoms with Gasteiger partial charge in [-0.3, -0.25) is 0 Å². The molecule has 0 saturated heterocycles. The number of fused-ring (bicyclic) bond motifs is 1. The molecule has 2 aromatic rings. The van der Waals surface area contributed by atoms with Crippen LogP contribution in [0.1, 0.15) is 18.2 Å². The lowest BCUT2D eigenvalue weighted by Crippen LogP contribution is -1.87. The van der Waals surface area contributed by atoms with Gasteiger partial charge in [0.15, 0.2) is 0 Å². The van der Waals surface area contributed by atoms with Crippen LogP contribution in [0.5, 0.6) is 0 Å². The normalized spacial score (nSPS) is 12.6. The summed E-state index contributed by atoms with van der Waals surface area (Å²) in [5, 5.41) is 1.12. The lowest BCUT2D eigenvalue weighted by molar-refractivity contribution is 0.560. The first-order chi connectivity index (χ1) is 11.2. The summed E-state index contributed by atoms with van der Waals surface area (Å²) in [5.41, 5.74) is 5.96. The molecule has 0 aliphatic heterocycles. The summed E-state index contributed by atoms with van der Waals surface area (Å²) in [6, 6.07) is 8.08. The Labute approximate surface area is 145 Å². The first-order valence-corrected chi connectivity index (χ1v) is 8.13. The molecular weight excluding hydrogens is 348 g/mol. The van der Waals surface area contributed by atoms with Crippen molar-refractivity contribution in [2.75, 3.05) is 0 Å². The van der Waals surface area contributed by atoms with Gasteiger partial charge in [0.2, 0.25) is 0 Å². The van der Waals surface area contributed by atoms with Crippen LogP contribution in [0.4, 0.5) is 0 Å². The van der Waals surface area contributed by atoms with Crippen LogP contribution < -0.4 is 0 Å². The number of benzene rings is 1. The monoisotopic (exact) mass is 366 g/mol. The number of furan rings is 1. The predicted octanol–water partition coefficient (Wildman–Crippen LogP) is 6.74. The number of allylic oxidation sites excluding steroid dienone is 7. The first kappa shape index (κ1) is 17.1. The average molecular weight is 367 g/mol. The van der Waals surface area contributed by atoms with Crippen LogP contribution in [-0.2, 0) is 6.42 Å². The largest absolute Gasteiger partial charge is 0.460 e. The Balaban J connectivity index is 2.41. The maximum absolute atomic E-state index is 6.04. The highest BCUT2D eigenvalue weighted by Crippen LogP contribution is 2.29. The SMILES string of the molecule is C=C=C/C=C\c1c(C/C(C)=C/C=C(/Br)C=C)oc2ccccc12. The summed E-state index contributed by atoms with van der Waals surface area (Å²) in [6.45, 7) is 9.39. The van der Waals surface area contributed by atoms with Crippen molar-refractivity contribution in [3.8, 4) is 0 Å². The third-order valence-corrected chi connectivity index (χ3v) is 3.94. The Morgan fingerprint density at radius 1 is 1.30 bits per heavy atom. The van der Waals surface area contributed by atoms with Gasteiger partial charge in [0.25, 0.3) is 0 Å². The molecule has 23 heavy (non-hydrogen) atoms. The Hall–Kier alpha value is -2.28. The molecule has 2 heteroatoms. The van der Waals surface area contributed by atoms with Crippen molar-refractivity contribution in [3.63, 3.8) is 0 Å². The maximum Gasteiger partial charge on any atom is 0.134 e. The van der Waals surface area contributed by atoms with Crippen molar-refractivity contribution in [1.82, 2.24) is 0 Å². The predicted molar refractivity (Wildman–Crippen MR) is 104 cm³/mol.